The lowest BCUT2D eigenvalue weighted by Crippen LogP contribution is -2.34. The lowest BCUT2D eigenvalue weighted by Gasteiger charge is -2.23. The Kier molecular flexibility index (Phi) is 6.51. The van der Waals surface area contributed by atoms with E-state index in [9.17, 15) is 0 Å². The number of methoxy groups -OCH3 is 1. The van der Waals surface area contributed by atoms with Crippen molar-refractivity contribution in [1.29, 1.82) is 0 Å². The number of ether oxygens (including phenoxy) is 1. The van der Waals surface area contributed by atoms with E-state index in [0.717, 1.165) is 26.1 Å². The summed E-state index contributed by atoms with van der Waals surface area (Å²) >= 11 is 0. The zero-order chi connectivity index (χ0) is 8.69. The van der Waals surface area contributed by atoms with Crippen LogP contribution in [0.3, 0.4) is 0 Å². The van der Waals surface area contributed by atoms with E-state index in [0.29, 0.717) is 6.04 Å². The smallest absolute Gasteiger partial charge is 0.0615 e. The molecule has 1 unspecified atom stereocenters. The molecule has 0 aromatic carbocycles. The molecule has 3 nitrogen and oxygen atoms in total. The first-order valence-corrected chi connectivity index (χ1v) is 4.11. The van der Waals surface area contributed by atoms with Crippen LogP contribution >= 0.6 is 0 Å². The highest BCUT2D eigenvalue weighted by atomic mass is 16.5. The number of hydrogen-bond donors (Lipinski definition) is 1. The van der Waals surface area contributed by atoms with Gasteiger partial charge in [0.25, 0.3) is 0 Å². The van der Waals surface area contributed by atoms with E-state index in [1.807, 2.05) is 0 Å². The normalized spacial score (nSPS) is 13.9. The van der Waals surface area contributed by atoms with Gasteiger partial charge in [-0.1, -0.05) is 0 Å². The van der Waals surface area contributed by atoms with Gasteiger partial charge in [0.2, 0.25) is 0 Å². The lowest BCUT2D eigenvalue weighted by atomic mass is 10.3. The van der Waals surface area contributed by atoms with Crippen LogP contribution in [0.4, 0.5) is 0 Å². The molecule has 0 fully saturated rings. The largest absolute Gasteiger partial charge is 0.383 e. The van der Waals surface area contributed by atoms with Crippen molar-refractivity contribution < 1.29 is 4.74 Å². The minimum atomic E-state index is 0.492. The van der Waals surface area contributed by atoms with Crippen LogP contribution in [-0.4, -0.2) is 44.8 Å². The predicted octanol–water partition coefficient (Wildman–Crippen LogP) is 0.302. The van der Waals surface area contributed by atoms with Crippen LogP contribution < -0.4 is 5.73 Å². The highest BCUT2D eigenvalue weighted by molar-refractivity contribution is 4.61. The molecule has 0 saturated carbocycles. The third kappa shape index (κ3) is 5.18. The number of nitrogens with zero attached hydrogens (tertiary/aromatic N) is 1. The summed E-state index contributed by atoms with van der Waals surface area (Å²) in [5.74, 6) is 0. The highest BCUT2D eigenvalue weighted by Crippen LogP contribution is 1.96. The van der Waals surface area contributed by atoms with Gasteiger partial charge >= 0.3 is 0 Å². The van der Waals surface area contributed by atoms with Crippen LogP contribution in [-0.2, 0) is 4.74 Å². The van der Waals surface area contributed by atoms with E-state index in [2.05, 4.69) is 18.9 Å². The van der Waals surface area contributed by atoms with Crippen LogP contribution in [0, 0.1) is 0 Å². The average molecular weight is 160 g/mol. The molecule has 0 aliphatic rings. The molecule has 1 atom stereocenters. The van der Waals surface area contributed by atoms with Gasteiger partial charge in [-0.3, -0.25) is 0 Å². The number of likely N-dealkylation sites (N-methyl/N-ethyl adjacent to an activating group) is 1. The van der Waals surface area contributed by atoms with Gasteiger partial charge in [-0.25, -0.2) is 0 Å². The Labute approximate surface area is 69.5 Å². The number of rotatable bonds is 6. The van der Waals surface area contributed by atoms with Gasteiger partial charge in [-0.15, -0.1) is 0 Å². The third-order valence-electron chi connectivity index (χ3n) is 1.88. The molecule has 3 heteroatoms. The summed E-state index contributed by atoms with van der Waals surface area (Å²) < 4.78 is 5.03. The van der Waals surface area contributed by atoms with Crippen molar-refractivity contribution >= 4 is 0 Å². The molecule has 0 aliphatic carbocycles. The molecular formula is C8H20N2O. The van der Waals surface area contributed by atoms with E-state index in [4.69, 9.17) is 10.5 Å². The maximum atomic E-state index is 5.39. The first kappa shape index (κ1) is 10.9. The zero-order valence-corrected chi connectivity index (χ0v) is 7.84. The summed E-state index contributed by atoms with van der Waals surface area (Å²) in [6.45, 7) is 4.77. The van der Waals surface area contributed by atoms with Gasteiger partial charge < -0.3 is 15.4 Å². The summed E-state index contributed by atoms with van der Waals surface area (Å²) in [4.78, 5) is 2.26. The Bertz CT molecular complexity index is 88.2. The Hall–Kier alpha value is -0.120. The first-order valence-electron chi connectivity index (χ1n) is 4.11. The molecule has 68 valence electrons. The van der Waals surface area contributed by atoms with Gasteiger partial charge in [-0.05, 0) is 33.5 Å². The number of hydrogen-bond acceptors (Lipinski definition) is 3. The van der Waals surface area contributed by atoms with E-state index in [1.165, 1.54) is 0 Å². The Morgan fingerprint density at radius 1 is 1.55 bits per heavy atom. The van der Waals surface area contributed by atoms with E-state index in [-0.39, 0.29) is 0 Å². The topological polar surface area (TPSA) is 38.5 Å². The summed E-state index contributed by atoms with van der Waals surface area (Å²) in [7, 11) is 3.83. The third-order valence-corrected chi connectivity index (χ3v) is 1.88. The Morgan fingerprint density at radius 3 is 2.64 bits per heavy atom. The maximum absolute atomic E-state index is 5.39. The minimum absolute atomic E-state index is 0.492. The molecule has 11 heavy (non-hydrogen) atoms. The van der Waals surface area contributed by atoms with Crippen LogP contribution in [0.1, 0.15) is 13.3 Å². The second kappa shape index (κ2) is 6.58. The van der Waals surface area contributed by atoms with E-state index < -0.39 is 0 Å². The van der Waals surface area contributed by atoms with Gasteiger partial charge in [0.15, 0.2) is 0 Å². The fourth-order valence-electron chi connectivity index (χ4n) is 0.930. The highest BCUT2D eigenvalue weighted by Gasteiger charge is 2.06. The molecule has 0 amide bonds. The molecule has 0 aromatic rings. The predicted molar refractivity (Wildman–Crippen MR) is 47.6 cm³/mol. The van der Waals surface area contributed by atoms with E-state index >= 15 is 0 Å². The molecule has 0 aromatic heterocycles. The molecular weight excluding hydrogens is 140 g/mol. The second-order valence-electron chi connectivity index (χ2n) is 2.93. The van der Waals surface area contributed by atoms with Crippen molar-refractivity contribution in [3.63, 3.8) is 0 Å². The van der Waals surface area contributed by atoms with Crippen molar-refractivity contribution in [1.82, 2.24) is 4.90 Å². The van der Waals surface area contributed by atoms with Crippen molar-refractivity contribution in [2.75, 3.05) is 33.9 Å². The lowest BCUT2D eigenvalue weighted by molar-refractivity contribution is 0.115. The summed E-state index contributed by atoms with van der Waals surface area (Å²) in [5.41, 5.74) is 5.39. The van der Waals surface area contributed by atoms with Crippen LogP contribution in [0.15, 0.2) is 0 Å². The SMILES string of the molecule is COCC(C)N(C)CCCN. The summed E-state index contributed by atoms with van der Waals surface area (Å²) in [6.07, 6.45) is 1.06. The summed E-state index contributed by atoms with van der Waals surface area (Å²) in [6, 6.07) is 0.492. The van der Waals surface area contributed by atoms with E-state index in [1.54, 1.807) is 7.11 Å². The van der Waals surface area contributed by atoms with Crippen molar-refractivity contribution in [3.05, 3.63) is 0 Å². The van der Waals surface area contributed by atoms with Gasteiger partial charge in [-0.2, -0.15) is 0 Å². The molecule has 0 spiro atoms. The minimum Gasteiger partial charge on any atom is -0.383 e. The van der Waals surface area contributed by atoms with Crippen LogP contribution in [0.5, 0.6) is 0 Å². The van der Waals surface area contributed by atoms with Crippen molar-refractivity contribution in [3.8, 4) is 0 Å². The average Bonchev–Trinajstić information content (AvgIpc) is 2.00. The second-order valence-corrected chi connectivity index (χ2v) is 2.93. The van der Waals surface area contributed by atoms with Gasteiger partial charge in [0.05, 0.1) is 6.61 Å². The molecule has 0 radical (unpaired) electrons. The molecule has 0 rings (SSSR count). The number of nitrogens with two attached hydrogens (primary N) is 1. The molecule has 0 heterocycles. The fraction of sp³-hybridized carbons (Fsp3) is 1.00. The summed E-state index contributed by atoms with van der Waals surface area (Å²) in [5, 5.41) is 0. The fourth-order valence-corrected chi connectivity index (χ4v) is 0.930. The molecule has 0 saturated heterocycles. The standard InChI is InChI=1S/C8H20N2O/c1-8(7-11-3)10(2)6-4-5-9/h8H,4-7,9H2,1-3H3. The Balaban J connectivity index is 3.38. The Morgan fingerprint density at radius 2 is 2.18 bits per heavy atom. The molecule has 2 N–H and O–H groups in total. The van der Waals surface area contributed by atoms with Crippen LogP contribution in [0.25, 0.3) is 0 Å². The zero-order valence-electron chi connectivity index (χ0n) is 7.84. The van der Waals surface area contributed by atoms with Gasteiger partial charge in [0, 0.05) is 13.2 Å². The monoisotopic (exact) mass is 160 g/mol. The van der Waals surface area contributed by atoms with Gasteiger partial charge in [0.1, 0.15) is 0 Å². The molecule has 0 bridgehead atoms. The van der Waals surface area contributed by atoms with Crippen molar-refractivity contribution in [2.45, 2.75) is 19.4 Å². The first-order chi connectivity index (χ1) is 5.22. The molecule has 0 aliphatic heterocycles. The van der Waals surface area contributed by atoms with Crippen LogP contribution in [0.2, 0.25) is 0 Å². The maximum Gasteiger partial charge on any atom is 0.0615 e. The van der Waals surface area contributed by atoms with Crippen molar-refractivity contribution in [2.24, 2.45) is 5.73 Å². The quantitative estimate of drug-likeness (QED) is 0.607.